The van der Waals surface area contributed by atoms with Gasteiger partial charge in [-0.3, -0.25) is 10.1 Å². The Morgan fingerprint density at radius 1 is 1.24 bits per heavy atom. The first-order chi connectivity index (χ1) is 14.1. The van der Waals surface area contributed by atoms with Gasteiger partial charge in [-0.05, 0) is 55.5 Å². The zero-order chi connectivity index (χ0) is 20.0. The molecule has 3 heterocycles. The Hall–Kier alpha value is -2.71. The number of carbonyl (C=O) groups is 2. The van der Waals surface area contributed by atoms with Gasteiger partial charge in [0.2, 0.25) is 5.95 Å². The number of aromatic nitrogens is 2. The second kappa shape index (κ2) is 6.96. The third-order valence-corrected chi connectivity index (χ3v) is 7.14. The maximum Gasteiger partial charge on any atom is 0.348 e. The van der Waals surface area contributed by atoms with Crippen LogP contribution in [0.4, 0.5) is 5.95 Å². The molecule has 1 spiro atoms. The number of rotatable bonds is 4. The fourth-order valence-corrected chi connectivity index (χ4v) is 5.42. The minimum atomic E-state index is -0.439. The van der Waals surface area contributed by atoms with Gasteiger partial charge in [-0.2, -0.15) is 0 Å². The lowest BCUT2D eigenvalue weighted by Gasteiger charge is -2.46. The predicted octanol–water partition coefficient (Wildman–Crippen LogP) is 3.45. The van der Waals surface area contributed by atoms with E-state index in [2.05, 4.69) is 26.3 Å². The fourth-order valence-electron chi connectivity index (χ4n) is 4.60. The number of ether oxygens (including phenoxy) is 1. The van der Waals surface area contributed by atoms with Crippen molar-refractivity contribution >= 4 is 40.2 Å². The zero-order valence-electron chi connectivity index (χ0n) is 16.1. The largest absolute Gasteiger partial charge is 0.465 e. The van der Waals surface area contributed by atoms with E-state index in [4.69, 9.17) is 4.74 Å². The molecule has 1 aliphatic heterocycles. The van der Waals surface area contributed by atoms with Crippen molar-refractivity contribution in [1.82, 2.24) is 14.9 Å². The van der Waals surface area contributed by atoms with Gasteiger partial charge < -0.3 is 14.6 Å². The van der Waals surface area contributed by atoms with E-state index in [9.17, 15) is 9.59 Å². The predicted molar refractivity (Wildman–Crippen MR) is 112 cm³/mol. The first kappa shape index (κ1) is 18.3. The standard InChI is InChI=1S/C21H22N4O3S/c1-28-19(27)17-7-6-16(29-17)18(26)24-20-23-14-4-2-3-5-15(14)25(20)13-10-21(11-13)8-9-22-12-21/h2-7,13,22H,8-12H2,1H3,(H,23,24,26)/t13-,21-. The van der Waals surface area contributed by atoms with Crippen LogP contribution in [0.2, 0.25) is 0 Å². The number of methoxy groups -OCH3 is 1. The summed E-state index contributed by atoms with van der Waals surface area (Å²) in [6.45, 7) is 2.16. The maximum absolute atomic E-state index is 12.8. The highest BCUT2D eigenvalue weighted by atomic mass is 32.1. The van der Waals surface area contributed by atoms with E-state index in [-0.39, 0.29) is 5.91 Å². The van der Waals surface area contributed by atoms with E-state index in [1.54, 1.807) is 12.1 Å². The van der Waals surface area contributed by atoms with Crippen molar-refractivity contribution in [1.29, 1.82) is 0 Å². The number of thiophene rings is 1. The maximum atomic E-state index is 12.8. The highest BCUT2D eigenvalue weighted by molar-refractivity contribution is 7.16. The zero-order valence-corrected chi connectivity index (χ0v) is 16.9. The number of benzene rings is 1. The van der Waals surface area contributed by atoms with Crippen LogP contribution in [0.5, 0.6) is 0 Å². The molecule has 2 aliphatic rings. The highest BCUT2D eigenvalue weighted by Gasteiger charge is 2.47. The second-order valence-corrected chi connectivity index (χ2v) is 8.98. The molecular weight excluding hydrogens is 388 g/mol. The van der Waals surface area contributed by atoms with Gasteiger partial charge in [0.25, 0.3) is 5.91 Å². The molecule has 150 valence electrons. The lowest BCUT2D eigenvalue weighted by atomic mass is 9.65. The molecule has 0 bridgehead atoms. The Balaban J connectivity index is 1.43. The molecule has 7 nitrogen and oxygen atoms in total. The van der Waals surface area contributed by atoms with Crippen molar-refractivity contribution in [3.05, 3.63) is 46.2 Å². The van der Waals surface area contributed by atoms with Crippen molar-refractivity contribution in [2.45, 2.75) is 25.3 Å². The van der Waals surface area contributed by atoms with Crippen LogP contribution in [0.25, 0.3) is 11.0 Å². The first-order valence-electron chi connectivity index (χ1n) is 9.76. The Morgan fingerprint density at radius 3 is 2.79 bits per heavy atom. The number of imidazole rings is 1. The number of para-hydroxylation sites is 2. The molecule has 1 aliphatic carbocycles. The summed E-state index contributed by atoms with van der Waals surface area (Å²) in [5, 5.41) is 6.44. The molecule has 3 aromatic rings. The van der Waals surface area contributed by atoms with Crippen molar-refractivity contribution in [2.24, 2.45) is 5.41 Å². The summed E-state index contributed by atoms with van der Waals surface area (Å²) < 4.78 is 6.90. The van der Waals surface area contributed by atoms with Crippen LogP contribution in [-0.2, 0) is 4.74 Å². The second-order valence-electron chi connectivity index (χ2n) is 7.89. The summed E-state index contributed by atoms with van der Waals surface area (Å²) in [6, 6.07) is 11.5. The summed E-state index contributed by atoms with van der Waals surface area (Å²) in [7, 11) is 1.33. The third-order valence-electron chi connectivity index (χ3n) is 6.07. The summed E-state index contributed by atoms with van der Waals surface area (Å²) in [5.41, 5.74) is 2.30. The molecule has 29 heavy (non-hydrogen) atoms. The van der Waals surface area contributed by atoms with Gasteiger partial charge in [0.05, 0.1) is 23.0 Å². The Kier molecular flexibility index (Phi) is 4.40. The van der Waals surface area contributed by atoms with Crippen LogP contribution in [0.15, 0.2) is 36.4 Å². The summed E-state index contributed by atoms with van der Waals surface area (Å²) >= 11 is 1.12. The first-order valence-corrected chi connectivity index (χ1v) is 10.6. The van der Waals surface area contributed by atoms with Gasteiger partial charge in [-0.25, -0.2) is 9.78 Å². The van der Waals surface area contributed by atoms with E-state index in [0.717, 1.165) is 48.3 Å². The lowest BCUT2D eigenvalue weighted by molar-refractivity contribution is 0.0606. The number of hydrogen-bond donors (Lipinski definition) is 2. The van der Waals surface area contributed by atoms with E-state index < -0.39 is 5.97 Å². The van der Waals surface area contributed by atoms with Gasteiger partial charge in [-0.1, -0.05) is 12.1 Å². The average molecular weight is 410 g/mol. The lowest BCUT2D eigenvalue weighted by Crippen LogP contribution is -2.40. The number of carbonyl (C=O) groups excluding carboxylic acids is 2. The van der Waals surface area contributed by atoms with Gasteiger partial charge >= 0.3 is 5.97 Å². The van der Waals surface area contributed by atoms with Crippen LogP contribution in [0, 0.1) is 5.41 Å². The summed E-state index contributed by atoms with van der Waals surface area (Å²) in [5.74, 6) is -0.139. The molecule has 1 saturated carbocycles. The Labute approximate surface area is 172 Å². The van der Waals surface area contributed by atoms with Crippen molar-refractivity contribution in [3.8, 4) is 0 Å². The number of fused-ring (bicyclic) bond motifs is 1. The van der Waals surface area contributed by atoms with E-state index in [0.29, 0.717) is 27.2 Å². The minimum Gasteiger partial charge on any atom is -0.465 e. The van der Waals surface area contributed by atoms with Gasteiger partial charge in [0.1, 0.15) is 4.88 Å². The van der Waals surface area contributed by atoms with Crippen LogP contribution in [0.1, 0.15) is 44.6 Å². The molecule has 8 heteroatoms. The van der Waals surface area contributed by atoms with Crippen LogP contribution in [-0.4, -0.2) is 41.6 Å². The van der Waals surface area contributed by atoms with Crippen LogP contribution >= 0.6 is 11.3 Å². The number of nitrogens with one attached hydrogen (secondary N) is 2. The molecule has 1 saturated heterocycles. The van der Waals surface area contributed by atoms with E-state index >= 15 is 0 Å². The highest BCUT2D eigenvalue weighted by Crippen LogP contribution is 2.53. The van der Waals surface area contributed by atoms with Gasteiger partial charge in [0.15, 0.2) is 0 Å². The fraction of sp³-hybridized carbons (Fsp3) is 0.381. The number of nitrogens with zero attached hydrogens (tertiary/aromatic N) is 2. The topological polar surface area (TPSA) is 85.2 Å². The number of esters is 1. The Bertz CT molecular complexity index is 1090. The van der Waals surface area contributed by atoms with Crippen LogP contribution in [0.3, 0.4) is 0 Å². The molecule has 2 fully saturated rings. The normalized spacial score (nSPS) is 23.3. The van der Waals surface area contributed by atoms with Crippen molar-refractivity contribution < 1.29 is 14.3 Å². The van der Waals surface area contributed by atoms with Gasteiger partial charge in [0, 0.05) is 12.6 Å². The van der Waals surface area contributed by atoms with Crippen molar-refractivity contribution in [2.75, 3.05) is 25.5 Å². The van der Waals surface area contributed by atoms with E-state index in [1.165, 1.54) is 13.5 Å². The van der Waals surface area contributed by atoms with Crippen molar-refractivity contribution in [3.63, 3.8) is 0 Å². The molecule has 1 amide bonds. The summed E-state index contributed by atoms with van der Waals surface area (Å²) in [6.07, 6.45) is 3.40. The molecule has 0 unspecified atom stereocenters. The molecule has 5 rings (SSSR count). The van der Waals surface area contributed by atoms with Gasteiger partial charge in [-0.15, -0.1) is 11.3 Å². The molecule has 1 aromatic carbocycles. The molecule has 0 atom stereocenters. The van der Waals surface area contributed by atoms with Crippen LogP contribution < -0.4 is 10.6 Å². The quantitative estimate of drug-likeness (QED) is 0.644. The van der Waals surface area contributed by atoms with E-state index in [1.807, 2.05) is 18.2 Å². The molecule has 2 N–H and O–H groups in total. The third kappa shape index (κ3) is 3.12. The molecule has 0 radical (unpaired) electrons. The number of anilines is 1. The SMILES string of the molecule is COC(=O)c1ccc(C(=O)Nc2nc3ccccc3n2[C@H]2C[C@@]3(CCNC3)C2)s1. The molecular formula is C21H22N4O3S. The monoisotopic (exact) mass is 410 g/mol. The Morgan fingerprint density at radius 2 is 2.03 bits per heavy atom. The number of amides is 1. The smallest absolute Gasteiger partial charge is 0.348 e. The minimum absolute atomic E-state index is 0.265. The summed E-state index contributed by atoms with van der Waals surface area (Å²) in [4.78, 5) is 30.0. The molecule has 2 aromatic heterocycles. The average Bonchev–Trinajstić information content (AvgIpc) is 3.43. The number of hydrogen-bond acceptors (Lipinski definition) is 6.